The highest BCUT2D eigenvalue weighted by Crippen LogP contribution is 2.24. The maximum Gasteiger partial charge on any atom is 0.0729 e. The van der Waals surface area contributed by atoms with E-state index in [-0.39, 0.29) is 0 Å². The normalized spacial score (nSPS) is 34.4. The van der Waals surface area contributed by atoms with Crippen LogP contribution in [0.25, 0.3) is 0 Å². The van der Waals surface area contributed by atoms with E-state index in [4.69, 9.17) is 0 Å². The molecule has 0 aromatic rings. The standard InChI is InChI=1S/C16H24O2/c1-15(17)11-9-7-5-3-4-6-8-10-12-16(2,18)14-13-15/h17-18H,3-6,11-14H2,1-2H3. The largest absolute Gasteiger partial charge is 0.389 e. The van der Waals surface area contributed by atoms with Crippen LogP contribution in [0.1, 0.15) is 65.2 Å². The molecule has 1 aliphatic rings. The lowest BCUT2D eigenvalue weighted by molar-refractivity contribution is 0.00253. The highest BCUT2D eigenvalue weighted by atomic mass is 16.3. The molecule has 2 atom stereocenters. The fourth-order valence-electron chi connectivity index (χ4n) is 1.82. The molecule has 2 heteroatoms. The van der Waals surface area contributed by atoms with Crippen molar-refractivity contribution in [2.45, 2.75) is 76.4 Å². The summed E-state index contributed by atoms with van der Waals surface area (Å²) in [5.41, 5.74) is -1.62. The molecule has 0 fully saturated rings. The van der Waals surface area contributed by atoms with Gasteiger partial charge in [-0.3, -0.25) is 0 Å². The Balaban J connectivity index is 2.65. The molecule has 0 bridgehead atoms. The van der Waals surface area contributed by atoms with Crippen LogP contribution in [-0.4, -0.2) is 21.4 Å². The maximum atomic E-state index is 10.2. The van der Waals surface area contributed by atoms with Crippen molar-refractivity contribution in [3.8, 4) is 23.7 Å². The molecule has 0 radical (unpaired) electrons. The Hall–Kier alpha value is -0.960. The SMILES string of the molecule is CC1(O)CC#CCCCCC#CCC(C)(O)CC1. The topological polar surface area (TPSA) is 40.5 Å². The third kappa shape index (κ3) is 6.70. The summed E-state index contributed by atoms with van der Waals surface area (Å²) in [5.74, 6) is 12.3. The van der Waals surface area contributed by atoms with E-state index in [1.165, 1.54) is 0 Å². The molecular formula is C16H24O2. The molecule has 2 nitrogen and oxygen atoms in total. The van der Waals surface area contributed by atoms with Crippen molar-refractivity contribution < 1.29 is 10.2 Å². The minimum absolute atomic E-state index is 0.481. The van der Waals surface area contributed by atoms with E-state index in [1.54, 1.807) is 13.8 Å². The second-order valence-electron chi connectivity index (χ2n) is 5.76. The van der Waals surface area contributed by atoms with Crippen molar-refractivity contribution in [3.05, 3.63) is 0 Å². The number of hydrogen-bond donors (Lipinski definition) is 2. The van der Waals surface area contributed by atoms with E-state index in [0.717, 1.165) is 25.7 Å². The average Bonchev–Trinajstić information content (AvgIpc) is 2.28. The predicted octanol–water partition coefficient (Wildman–Crippen LogP) is 2.63. The van der Waals surface area contributed by atoms with Gasteiger partial charge in [0.25, 0.3) is 0 Å². The zero-order chi connectivity index (χ0) is 13.5. The van der Waals surface area contributed by atoms with E-state index < -0.39 is 11.2 Å². The summed E-state index contributed by atoms with van der Waals surface area (Å²) in [5, 5.41) is 20.3. The van der Waals surface area contributed by atoms with E-state index in [9.17, 15) is 10.2 Å². The van der Waals surface area contributed by atoms with Crippen LogP contribution in [0.2, 0.25) is 0 Å². The van der Waals surface area contributed by atoms with Crippen LogP contribution in [0.3, 0.4) is 0 Å². The summed E-state index contributed by atoms with van der Waals surface area (Å²) in [6.07, 6.45) is 5.95. The third-order valence-corrected chi connectivity index (χ3v) is 3.24. The van der Waals surface area contributed by atoms with E-state index in [1.807, 2.05) is 0 Å². The Labute approximate surface area is 111 Å². The van der Waals surface area contributed by atoms with Gasteiger partial charge in [-0.1, -0.05) is 0 Å². The van der Waals surface area contributed by atoms with Crippen LogP contribution < -0.4 is 0 Å². The van der Waals surface area contributed by atoms with Gasteiger partial charge in [0.15, 0.2) is 0 Å². The zero-order valence-corrected chi connectivity index (χ0v) is 11.6. The van der Waals surface area contributed by atoms with Crippen molar-refractivity contribution in [1.29, 1.82) is 0 Å². The van der Waals surface area contributed by atoms with E-state index in [0.29, 0.717) is 25.7 Å². The molecule has 2 unspecified atom stereocenters. The van der Waals surface area contributed by atoms with Gasteiger partial charge in [0.1, 0.15) is 0 Å². The van der Waals surface area contributed by atoms with Crippen molar-refractivity contribution in [2.24, 2.45) is 0 Å². The fraction of sp³-hybridized carbons (Fsp3) is 0.750. The minimum Gasteiger partial charge on any atom is -0.389 e. The average molecular weight is 248 g/mol. The van der Waals surface area contributed by atoms with Crippen LogP contribution in [0.5, 0.6) is 0 Å². The summed E-state index contributed by atoms with van der Waals surface area (Å²) in [6.45, 7) is 3.57. The Kier molecular flexibility index (Phi) is 5.73. The van der Waals surface area contributed by atoms with Gasteiger partial charge in [0.2, 0.25) is 0 Å². The van der Waals surface area contributed by atoms with Gasteiger partial charge in [-0.15, -0.1) is 23.7 Å². The van der Waals surface area contributed by atoms with Crippen molar-refractivity contribution in [2.75, 3.05) is 0 Å². The highest BCUT2D eigenvalue weighted by molar-refractivity contribution is 5.06. The molecule has 0 aliphatic heterocycles. The maximum absolute atomic E-state index is 10.2. The molecule has 2 N–H and O–H groups in total. The van der Waals surface area contributed by atoms with E-state index >= 15 is 0 Å². The molecule has 0 aromatic carbocycles. The van der Waals surface area contributed by atoms with Gasteiger partial charge in [0, 0.05) is 25.7 Å². The molecule has 0 spiro atoms. The lowest BCUT2D eigenvalue weighted by Gasteiger charge is -2.27. The van der Waals surface area contributed by atoms with Crippen LogP contribution >= 0.6 is 0 Å². The molecule has 1 rings (SSSR count). The second-order valence-corrected chi connectivity index (χ2v) is 5.76. The molecule has 0 saturated heterocycles. The fourth-order valence-corrected chi connectivity index (χ4v) is 1.82. The van der Waals surface area contributed by atoms with Gasteiger partial charge in [-0.05, 0) is 39.5 Å². The Bertz CT molecular complexity index is 333. The Morgan fingerprint density at radius 3 is 1.50 bits per heavy atom. The number of rotatable bonds is 0. The first-order chi connectivity index (χ1) is 8.41. The van der Waals surface area contributed by atoms with Gasteiger partial charge >= 0.3 is 0 Å². The summed E-state index contributed by atoms with van der Waals surface area (Å²) < 4.78 is 0. The number of aliphatic hydroxyl groups is 2. The second kappa shape index (κ2) is 6.83. The van der Waals surface area contributed by atoms with Crippen LogP contribution in [0, 0.1) is 23.7 Å². The summed E-state index contributed by atoms with van der Waals surface area (Å²) in [4.78, 5) is 0. The van der Waals surface area contributed by atoms with Crippen LogP contribution in [0.4, 0.5) is 0 Å². The van der Waals surface area contributed by atoms with Crippen molar-refractivity contribution >= 4 is 0 Å². The van der Waals surface area contributed by atoms with Crippen LogP contribution in [-0.2, 0) is 0 Å². The first kappa shape index (κ1) is 15.1. The minimum atomic E-state index is -0.811. The molecule has 0 aromatic heterocycles. The van der Waals surface area contributed by atoms with Crippen molar-refractivity contribution in [3.63, 3.8) is 0 Å². The zero-order valence-electron chi connectivity index (χ0n) is 11.6. The highest BCUT2D eigenvalue weighted by Gasteiger charge is 2.26. The molecule has 0 saturated carbocycles. The quantitative estimate of drug-likeness (QED) is 0.647. The van der Waals surface area contributed by atoms with Gasteiger partial charge in [-0.25, -0.2) is 0 Å². The molecule has 100 valence electrons. The Morgan fingerprint density at radius 2 is 1.11 bits per heavy atom. The molecule has 1 aliphatic carbocycles. The molecule has 0 heterocycles. The van der Waals surface area contributed by atoms with Gasteiger partial charge in [0.05, 0.1) is 11.2 Å². The lowest BCUT2D eigenvalue weighted by atomic mass is 9.88. The summed E-state index contributed by atoms with van der Waals surface area (Å²) >= 11 is 0. The molecular weight excluding hydrogens is 224 g/mol. The third-order valence-electron chi connectivity index (χ3n) is 3.24. The van der Waals surface area contributed by atoms with Gasteiger partial charge < -0.3 is 10.2 Å². The first-order valence-electron chi connectivity index (χ1n) is 6.78. The predicted molar refractivity (Wildman–Crippen MR) is 73.7 cm³/mol. The molecule has 18 heavy (non-hydrogen) atoms. The monoisotopic (exact) mass is 248 g/mol. The first-order valence-corrected chi connectivity index (χ1v) is 6.78. The van der Waals surface area contributed by atoms with E-state index in [2.05, 4.69) is 23.7 Å². The molecule has 0 amide bonds. The Morgan fingerprint density at radius 1 is 0.722 bits per heavy atom. The van der Waals surface area contributed by atoms with Gasteiger partial charge in [-0.2, -0.15) is 0 Å². The number of hydrogen-bond acceptors (Lipinski definition) is 2. The summed E-state index contributed by atoms with van der Waals surface area (Å²) in [6, 6.07) is 0. The lowest BCUT2D eigenvalue weighted by Crippen LogP contribution is -2.30. The van der Waals surface area contributed by atoms with Crippen LogP contribution in [0.15, 0.2) is 0 Å². The smallest absolute Gasteiger partial charge is 0.0729 e. The summed E-state index contributed by atoms with van der Waals surface area (Å²) in [7, 11) is 0. The van der Waals surface area contributed by atoms with Crippen molar-refractivity contribution in [1.82, 2.24) is 0 Å².